The Labute approximate surface area is 168 Å². The highest BCUT2D eigenvalue weighted by Gasteiger charge is 2.20. The summed E-state index contributed by atoms with van der Waals surface area (Å²) in [5, 5.41) is 11.0. The number of thioether (sulfide) groups is 1. The fourth-order valence-electron chi connectivity index (χ4n) is 2.86. The first kappa shape index (κ1) is 18.9. The maximum absolute atomic E-state index is 14.0. The number of hydrogen-bond donors (Lipinski definition) is 3. The van der Waals surface area contributed by atoms with Crippen molar-refractivity contribution in [3.05, 3.63) is 58.8 Å². The first-order chi connectivity index (χ1) is 13.9. The average Bonchev–Trinajstić information content (AvgIpc) is 3.23. The summed E-state index contributed by atoms with van der Waals surface area (Å²) in [5.74, 6) is -0.230. The van der Waals surface area contributed by atoms with Gasteiger partial charge in [0, 0.05) is 12.7 Å². The maximum atomic E-state index is 14.0. The number of carbonyl (C=O) groups is 1. The van der Waals surface area contributed by atoms with Crippen LogP contribution in [-0.2, 0) is 11.8 Å². The SMILES string of the molecule is C[C@H](Sc1nnc(-c2ccccc2F)n1C)C(=O)Nc1ccc2[nH]c(=O)[nH]c2c1. The minimum absolute atomic E-state index is 0.234. The van der Waals surface area contributed by atoms with Crippen molar-refractivity contribution in [3.63, 3.8) is 0 Å². The van der Waals surface area contributed by atoms with Gasteiger partial charge >= 0.3 is 5.69 Å². The minimum Gasteiger partial charge on any atom is -0.325 e. The van der Waals surface area contributed by atoms with Crippen LogP contribution in [0.15, 0.2) is 52.4 Å². The van der Waals surface area contributed by atoms with Crippen LogP contribution in [0.1, 0.15) is 6.92 Å². The lowest BCUT2D eigenvalue weighted by atomic mass is 10.2. The fourth-order valence-corrected chi connectivity index (χ4v) is 3.68. The lowest BCUT2D eigenvalue weighted by Crippen LogP contribution is -2.22. The number of halogens is 1. The van der Waals surface area contributed by atoms with E-state index in [4.69, 9.17) is 0 Å². The maximum Gasteiger partial charge on any atom is 0.323 e. The Kier molecular flexibility index (Phi) is 4.93. The normalized spacial score (nSPS) is 12.2. The average molecular weight is 412 g/mol. The molecular weight excluding hydrogens is 395 g/mol. The van der Waals surface area contributed by atoms with Crippen LogP contribution in [0.4, 0.5) is 10.1 Å². The number of fused-ring (bicyclic) bond motifs is 1. The summed E-state index contributed by atoms with van der Waals surface area (Å²) in [6.45, 7) is 1.74. The lowest BCUT2D eigenvalue weighted by molar-refractivity contribution is -0.115. The molecule has 2 aromatic heterocycles. The van der Waals surface area contributed by atoms with Gasteiger partial charge in [-0.1, -0.05) is 23.9 Å². The van der Waals surface area contributed by atoms with Gasteiger partial charge in [0.25, 0.3) is 0 Å². The third kappa shape index (κ3) is 3.79. The van der Waals surface area contributed by atoms with Crippen LogP contribution in [-0.4, -0.2) is 35.9 Å². The fraction of sp³-hybridized carbons (Fsp3) is 0.158. The number of benzene rings is 2. The Morgan fingerprint density at radius 3 is 2.72 bits per heavy atom. The molecule has 3 N–H and O–H groups in total. The third-order valence-corrected chi connectivity index (χ3v) is 5.52. The van der Waals surface area contributed by atoms with Crippen LogP contribution >= 0.6 is 11.8 Å². The van der Waals surface area contributed by atoms with E-state index >= 15 is 0 Å². The molecule has 10 heteroatoms. The van der Waals surface area contributed by atoms with Crippen molar-refractivity contribution in [3.8, 4) is 11.4 Å². The molecule has 0 unspecified atom stereocenters. The molecule has 0 saturated carbocycles. The molecule has 0 spiro atoms. The second-order valence-electron chi connectivity index (χ2n) is 6.43. The van der Waals surface area contributed by atoms with E-state index in [-0.39, 0.29) is 17.4 Å². The molecule has 0 aliphatic rings. The zero-order valence-corrected chi connectivity index (χ0v) is 16.4. The lowest BCUT2D eigenvalue weighted by Gasteiger charge is -2.12. The summed E-state index contributed by atoms with van der Waals surface area (Å²) in [4.78, 5) is 29.2. The van der Waals surface area contributed by atoms with Gasteiger partial charge in [0.1, 0.15) is 5.82 Å². The molecule has 2 aromatic carbocycles. The number of nitrogens with one attached hydrogen (secondary N) is 3. The third-order valence-electron chi connectivity index (χ3n) is 4.38. The number of imidazole rings is 1. The number of rotatable bonds is 5. The number of hydrogen-bond acceptors (Lipinski definition) is 5. The van der Waals surface area contributed by atoms with Gasteiger partial charge in [0.15, 0.2) is 11.0 Å². The molecule has 1 atom stereocenters. The molecule has 148 valence electrons. The molecule has 8 nitrogen and oxygen atoms in total. The molecule has 4 rings (SSSR count). The highest BCUT2D eigenvalue weighted by atomic mass is 32.2. The number of carbonyl (C=O) groups excluding carboxylic acids is 1. The Morgan fingerprint density at radius 2 is 1.93 bits per heavy atom. The second kappa shape index (κ2) is 7.55. The van der Waals surface area contributed by atoms with Gasteiger partial charge in [-0.25, -0.2) is 9.18 Å². The summed E-state index contributed by atoms with van der Waals surface area (Å²) >= 11 is 1.22. The van der Waals surface area contributed by atoms with Gasteiger partial charge in [-0.3, -0.25) is 4.79 Å². The van der Waals surface area contributed by atoms with Crippen LogP contribution in [0, 0.1) is 5.82 Å². The molecule has 0 radical (unpaired) electrons. The molecule has 0 fully saturated rings. The standard InChI is InChI=1S/C19H17FN6O2S/c1-10(17(27)21-11-7-8-14-15(9-11)23-18(28)22-14)29-19-25-24-16(26(19)2)12-5-3-4-6-13(12)20/h3-10H,1-2H3,(H,21,27)(H2,22,23,28)/t10-/m0/s1. The van der Waals surface area contributed by atoms with Crippen molar-refractivity contribution in [2.45, 2.75) is 17.3 Å². The number of H-pyrrole nitrogens is 2. The number of anilines is 1. The van der Waals surface area contributed by atoms with E-state index in [9.17, 15) is 14.0 Å². The summed E-state index contributed by atoms with van der Waals surface area (Å²) in [6, 6.07) is 11.4. The summed E-state index contributed by atoms with van der Waals surface area (Å²) < 4.78 is 15.7. The highest BCUT2D eigenvalue weighted by molar-refractivity contribution is 8.00. The molecule has 0 aliphatic carbocycles. The van der Waals surface area contributed by atoms with Crippen molar-refractivity contribution >= 4 is 34.4 Å². The van der Waals surface area contributed by atoms with Crippen molar-refractivity contribution in [1.29, 1.82) is 0 Å². The summed E-state index contributed by atoms with van der Waals surface area (Å²) in [5.41, 5.74) is 1.88. The van der Waals surface area contributed by atoms with Gasteiger partial charge in [-0.2, -0.15) is 0 Å². The molecule has 4 aromatic rings. The van der Waals surface area contributed by atoms with E-state index in [0.717, 1.165) is 0 Å². The van der Waals surface area contributed by atoms with Crippen LogP contribution in [0.5, 0.6) is 0 Å². The number of nitrogens with zero attached hydrogens (tertiary/aromatic N) is 3. The quantitative estimate of drug-likeness (QED) is 0.437. The van der Waals surface area contributed by atoms with E-state index in [2.05, 4.69) is 25.5 Å². The zero-order valence-electron chi connectivity index (χ0n) is 15.6. The highest BCUT2D eigenvalue weighted by Crippen LogP contribution is 2.27. The Bertz CT molecular complexity index is 1260. The van der Waals surface area contributed by atoms with Crippen molar-refractivity contribution in [1.82, 2.24) is 24.7 Å². The van der Waals surface area contributed by atoms with Gasteiger partial charge in [-0.05, 0) is 37.3 Å². The summed E-state index contributed by atoms with van der Waals surface area (Å²) in [7, 11) is 1.73. The number of aromatic nitrogens is 5. The Morgan fingerprint density at radius 1 is 1.17 bits per heavy atom. The Hall–Kier alpha value is -3.40. The van der Waals surface area contributed by atoms with E-state index in [1.165, 1.54) is 17.8 Å². The molecule has 29 heavy (non-hydrogen) atoms. The van der Waals surface area contributed by atoms with Gasteiger partial charge in [-0.15, -0.1) is 10.2 Å². The van der Waals surface area contributed by atoms with Crippen molar-refractivity contribution < 1.29 is 9.18 Å². The van der Waals surface area contributed by atoms with E-state index in [0.29, 0.717) is 33.3 Å². The topological polar surface area (TPSA) is 108 Å². The van der Waals surface area contributed by atoms with Crippen LogP contribution in [0.3, 0.4) is 0 Å². The van der Waals surface area contributed by atoms with E-state index in [1.54, 1.807) is 54.9 Å². The second-order valence-corrected chi connectivity index (χ2v) is 7.74. The monoisotopic (exact) mass is 412 g/mol. The Balaban J connectivity index is 1.48. The van der Waals surface area contributed by atoms with Crippen LogP contribution < -0.4 is 11.0 Å². The molecule has 0 aliphatic heterocycles. The number of amides is 1. The largest absolute Gasteiger partial charge is 0.325 e. The van der Waals surface area contributed by atoms with Gasteiger partial charge in [0.2, 0.25) is 5.91 Å². The molecule has 1 amide bonds. The molecule has 2 heterocycles. The molecule has 0 saturated heterocycles. The van der Waals surface area contributed by atoms with E-state index in [1.807, 2.05) is 0 Å². The van der Waals surface area contributed by atoms with E-state index < -0.39 is 5.25 Å². The van der Waals surface area contributed by atoms with Gasteiger partial charge < -0.3 is 19.9 Å². The summed E-state index contributed by atoms with van der Waals surface area (Å²) in [6.07, 6.45) is 0. The zero-order chi connectivity index (χ0) is 20.5. The smallest absolute Gasteiger partial charge is 0.323 e. The van der Waals surface area contributed by atoms with Crippen LogP contribution in [0.25, 0.3) is 22.4 Å². The molecule has 0 bridgehead atoms. The predicted octanol–water partition coefficient (Wildman–Crippen LogP) is 2.91. The van der Waals surface area contributed by atoms with Crippen molar-refractivity contribution in [2.75, 3.05) is 5.32 Å². The van der Waals surface area contributed by atoms with Crippen molar-refractivity contribution in [2.24, 2.45) is 7.05 Å². The first-order valence-corrected chi connectivity index (χ1v) is 9.64. The predicted molar refractivity (Wildman–Crippen MR) is 109 cm³/mol. The van der Waals surface area contributed by atoms with Gasteiger partial charge in [0.05, 0.1) is 21.8 Å². The van der Waals surface area contributed by atoms with Crippen LogP contribution in [0.2, 0.25) is 0 Å². The minimum atomic E-state index is -0.479. The number of aromatic amines is 2. The molecular formula is C19H17FN6O2S. The first-order valence-electron chi connectivity index (χ1n) is 8.76.